The van der Waals surface area contributed by atoms with Crippen LogP contribution in [0.1, 0.15) is 87.5 Å². The van der Waals surface area contributed by atoms with Crippen LogP contribution in [0.5, 0.6) is 0 Å². The Bertz CT molecular complexity index is 3170. The maximum absolute atomic E-state index is 15.0. The van der Waals surface area contributed by atoms with Crippen molar-refractivity contribution in [2.45, 2.75) is 112 Å². The van der Waals surface area contributed by atoms with Gasteiger partial charge in [0, 0.05) is 36.6 Å². The van der Waals surface area contributed by atoms with Gasteiger partial charge in [-0.2, -0.15) is 26.3 Å². The highest BCUT2D eigenvalue weighted by Gasteiger charge is 2.37. The van der Waals surface area contributed by atoms with E-state index in [1.807, 2.05) is 19.0 Å². The SMILES string of the molecule is C.C.CN(C)[C@H]1C[C@@H](c2cccc(C(F)(F)F)c2)CC[C@@H]1Nc1cc(F)c(S(=O)(=O)Nc2ccncn2)cc1Cl.CN[C@H]1C[C@@H](c2cccc(C(F)(F)F)c2)CC[C@@H]1Nc1cc(F)c(S(=O)(=O)Nc2ccncn2)cc1Cl. The van der Waals surface area contributed by atoms with Crippen molar-refractivity contribution in [3.63, 3.8) is 0 Å². The number of halogens is 10. The summed E-state index contributed by atoms with van der Waals surface area (Å²) in [6.07, 6.45) is -0.382. The Kier molecular flexibility index (Phi) is 20.7. The normalized spacial score (nSPS) is 19.9. The van der Waals surface area contributed by atoms with Gasteiger partial charge in [0.1, 0.15) is 45.7 Å². The first kappa shape index (κ1) is 61.9. The predicted octanol–water partition coefficient (Wildman–Crippen LogP) is 12.5. The number of anilines is 4. The molecule has 0 aliphatic heterocycles. The van der Waals surface area contributed by atoms with Crippen LogP contribution in [-0.2, 0) is 32.4 Å². The lowest BCUT2D eigenvalue weighted by molar-refractivity contribution is -0.138. The van der Waals surface area contributed by atoms with Gasteiger partial charge in [-0.25, -0.2) is 45.6 Å². The van der Waals surface area contributed by atoms with Crippen molar-refractivity contribution in [2.24, 2.45) is 0 Å². The number of hydrogen-bond acceptors (Lipinski definition) is 12. The number of likely N-dealkylation sites (N-methyl/N-ethyl adjacent to an activating group) is 2. The summed E-state index contributed by atoms with van der Waals surface area (Å²) in [6, 6.07) is 16.8. The molecule has 2 aromatic heterocycles. The van der Waals surface area contributed by atoms with Gasteiger partial charge in [-0.15, -0.1) is 0 Å². The van der Waals surface area contributed by atoms with E-state index < -0.39 is 65.0 Å². The number of alkyl halides is 6. The lowest BCUT2D eigenvalue weighted by atomic mass is 9.78. The van der Waals surface area contributed by atoms with Crippen LogP contribution in [0.15, 0.2) is 120 Å². The van der Waals surface area contributed by atoms with Gasteiger partial charge in [-0.3, -0.25) is 9.44 Å². The fourth-order valence-electron chi connectivity index (χ4n) is 9.27. The Morgan fingerprint density at radius 2 is 1.01 bits per heavy atom. The number of sulfonamides is 2. The van der Waals surface area contributed by atoms with E-state index in [1.54, 1.807) is 19.2 Å². The van der Waals surface area contributed by atoms with Crippen LogP contribution in [0.25, 0.3) is 0 Å². The Balaban J connectivity index is 0.000000277. The Labute approximate surface area is 452 Å². The first-order valence-corrected chi connectivity index (χ1v) is 26.8. The van der Waals surface area contributed by atoms with Crippen LogP contribution in [0.2, 0.25) is 10.0 Å². The summed E-state index contributed by atoms with van der Waals surface area (Å²) in [7, 11) is -3.14. The fourth-order valence-corrected chi connectivity index (χ4v) is 12.0. The van der Waals surface area contributed by atoms with E-state index in [2.05, 4.69) is 45.3 Å². The minimum absolute atomic E-state index is 0. The molecule has 2 aliphatic carbocycles. The van der Waals surface area contributed by atoms with Crippen LogP contribution >= 0.6 is 23.2 Å². The van der Waals surface area contributed by atoms with Crippen molar-refractivity contribution in [1.82, 2.24) is 30.2 Å². The molecule has 2 aliphatic rings. The fraction of sp³-hybridized carbons (Fsp3) is 0.373. The first-order valence-electron chi connectivity index (χ1n) is 23.1. The first-order chi connectivity index (χ1) is 35.3. The maximum Gasteiger partial charge on any atom is 0.416 e. The average Bonchev–Trinajstić information content (AvgIpc) is 3.36. The molecule has 2 fully saturated rings. The second kappa shape index (κ2) is 25.7. The summed E-state index contributed by atoms with van der Waals surface area (Å²) < 4.78 is 164. The van der Waals surface area contributed by atoms with Crippen LogP contribution in [0.3, 0.4) is 0 Å². The minimum Gasteiger partial charge on any atom is -0.379 e. The van der Waals surface area contributed by atoms with Gasteiger partial charge in [0.25, 0.3) is 20.0 Å². The summed E-state index contributed by atoms with van der Waals surface area (Å²) in [5.41, 5.74) is 0.312. The molecule has 2 saturated carbocycles. The van der Waals surface area contributed by atoms with Gasteiger partial charge in [0.2, 0.25) is 0 Å². The largest absolute Gasteiger partial charge is 0.416 e. The van der Waals surface area contributed by atoms with Gasteiger partial charge in [0.15, 0.2) is 0 Å². The highest BCUT2D eigenvalue weighted by molar-refractivity contribution is 7.93. The Morgan fingerprint density at radius 3 is 1.42 bits per heavy atom. The lowest BCUT2D eigenvalue weighted by Gasteiger charge is -2.41. The molecule has 4 aromatic carbocycles. The van der Waals surface area contributed by atoms with Crippen molar-refractivity contribution in [3.05, 3.63) is 154 Å². The van der Waals surface area contributed by atoms with E-state index in [1.165, 1.54) is 48.8 Å². The summed E-state index contributed by atoms with van der Waals surface area (Å²) in [6.45, 7) is 0. The van der Waals surface area contributed by atoms with Crippen LogP contribution in [0.4, 0.5) is 58.1 Å². The zero-order chi connectivity index (χ0) is 54.5. The van der Waals surface area contributed by atoms with Crippen molar-refractivity contribution >= 4 is 66.3 Å². The smallest absolute Gasteiger partial charge is 0.379 e. The lowest BCUT2D eigenvalue weighted by Crippen LogP contribution is -2.47. The van der Waals surface area contributed by atoms with E-state index in [0.717, 1.165) is 49.1 Å². The summed E-state index contributed by atoms with van der Waals surface area (Å²) >= 11 is 12.7. The van der Waals surface area contributed by atoms with E-state index in [0.29, 0.717) is 49.7 Å². The van der Waals surface area contributed by atoms with Gasteiger partial charge in [-0.1, -0.05) is 74.5 Å². The van der Waals surface area contributed by atoms with Crippen molar-refractivity contribution < 1.29 is 52.0 Å². The van der Waals surface area contributed by atoms with Gasteiger partial charge in [-0.05, 0) is 131 Å². The molecular weight excluding hydrogens is 1100 g/mol. The molecule has 6 atom stereocenters. The second-order valence-electron chi connectivity index (χ2n) is 18.1. The second-order valence-corrected chi connectivity index (χ2v) is 22.2. The molecule has 14 nitrogen and oxygen atoms in total. The molecular formula is C51H58Cl2F8N10O4S2. The van der Waals surface area contributed by atoms with Gasteiger partial charge < -0.3 is 20.9 Å². The molecule has 0 radical (unpaired) electrons. The van der Waals surface area contributed by atoms with Crippen LogP contribution in [-0.4, -0.2) is 87.0 Å². The summed E-state index contributed by atoms with van der Waals surface area (Å²) in [4.78, 5) is 15.6. The predicted molar refractivity (Wildman–Crippen MR) is 283 cm³/mol. The molecule has 5 N–H and O–H groups in total. The number of benzene rings is 4. The number of nitrogens with one attached hydrogen (secondary N) is 5. The third-order valence-electron chi connectivity index (χ3n) is 13.0. The molecule has 0 amide bonds. The summed E-state index contributed by atoms with van der Waals surface area (Å²) in [5.74, 6) is -2.24. The molecule has 0 unspecified atom stereocenters. The molecule has 0 saturated heterocycles. The molecule has 0 spiro atoms. The molecule has 418 valence electrons. The number of aromatic nitrogens is 4. The number of hydrogen-bond donors (Lipinski definition) is 5. The topological polar surface area (TPSA) is 183 Å². The van der Waals surface area contributed by atoms with E-state index in [4.69, 9.17) is 23.2 Å². The maximum atomic E-state index is 15.0. The minimum atomic E-state index is -4.42. The number of nitrogens with zero attached hydrogens (tertiary/aromatic N) is 5. The third kappa shape index (κ3) is 15.6. The highest BCUT2D eigenvalue weighted by Crippen LogP contribution is 2.41. The van der Waals surface area contributed by atoms with Crippen LogP contribution < -0.4 is 25.4 Å². The van der Waals surface area contributed by atoms with Gasteiger partial charge >= 0.3 is 12.4 Å². The van der Waals surface area contributed by atoms with Crippen molar-refractivity contribution in [1.29, 1.82) is 0 Å². The van der Waals surface area contributed by atoms with Crippen molar-refractivity contribution in [3.8, 4) is 0 Å². The molecule has 0 bridgehead atoms. The zero-order valence-corrected chi connectivity index (χ0v) is 43.2. The molecule has 8 rings (SSSR count). The molecule has 2 heterocycles. The Hall–Kier alpha value is -5.92. The molecule has 6 aromatic rings. The number of rotatable bonds is 14. The zero-order valence-electron chi connectivity index (χ0n) is 40.1. The van der Waals surface area contributed by atoms with E-state index in [-0.39, 0.29) is 83.9 Å². The monoisotopic (exact) mass is 1160 g/mol. The Morgan fingerprint density at radius 1 is 0.584 bits per heavy atom. The van der Waals surface area contributed by atoms with Crippen LogP contribution in [0, 0.1) is 11.6 Å². The van der Waals surface area contributed by atoms with E-state index >= 15 is 4.39 Å². The third-order valence-corrected chi connectivity index (χ3v) is 16.4. The molecule has 26 heteroatoms. The average molecular weight is 1160 g/mol. The quantitative estimate of drug-likeness (QED) is 0.0652. The van der Waals surface area contributed by atoms with Crippen molar-refractivity contribution in [2.75, 3.05) is 41.2 Å². The highest BCUT2D eigenvalue weighted by atomic mass is 35.5. The standard InChI is InChI=1S/C25H26ClF4N5O2S.C24H24ClF4N5O2S.2CH4/c1-35(2)22-11-16(15-4-3-5-17(10-15)25(28,29)30)6-7-20(22)33-21-13-19(27)23(12-18(21)26)38(36,37)34-24-8-9-31-14-32-24;1-30-21-10-15(14-3-2-4-16(9-14)24(27,28)29)5-6-19(21)33-20-12-18(26)22(11-17(20)25)37(35,36)34-23-7-8-31-13-32-23;;/h3-5,8-10,12-14,16,20,22,33H,6-7,11H2,1-2H3,(H,31,32,34);2-4,7-9,11-13,15,19,21,30,33H,5-6,10H2,1H3,(H,31,32,34);2*1H4/t16-,20-,22-;15-,19-,21-;;/m00../s1. The van der Waals surface area contributed by atoms with E-state index in [9.17, 15) is 47.6 Å². The summed E-state index contributed by atoms with van der Waals surface area (Å²) in [5, 5.41) is 9.59. The van der Waals surface area contributed by atoms with Gasteiger partial charge in [0.05, 0.1) is 32.5 Å². The molecule has 77 heavy (non-hydrogen) atoms.